The molecular formula is C42H52F3N7O7. The maximum atomic E-state index is 13.8. The Bertz CT molecular complexity index is 2170. The van der Waals surface area contributed by atoms with E-state index in [-0.39, 0.29) is 23.8 Å². The Morgan fingerprint density at radius 3 is 1.93 bits per heavy atom. The van der Waals surface area contributed by atoms with Crippen LogP contribution < -0.4 is 10.2 Å². The quantitative estimate of drug-likeness (QED) is 0.178. The van der Waals surface area contributed by atoms with Gasteiger partial charge >= 0.3 is 24.5 Å². The summed E-state index contributed by atoms with van der Waals surface area (Å²) >= 11 is 0. The van der Waals surface area contributed by atoms with Gasteiger partial charge in [0.05, 0.1) is 23.2 Å². The van der Waals surface area contributed by atoms with E-state index in [0.29, 0.717) is 47.8 Å². The number of imide groups is 1. The number of halogens is 3. The molecule has 0 unspecified atom stereocenters. The largest absolute Gasteiger partial charge is 0.443 e. The average molecular weight is 824 g/mol. The number of nitrogens with zero attached hydrogens (tertiary/aromatic N) is 6. The number of amides is 4. The summed E-state index contributed by atoms with van der Waals surface area (Å²) in [5.41, 5.74) is -1.29. The van der Waals surface area contributed by atoms with Crippen LogP contribution in [0.4, 0.5) is 39.3 Å². The summed E-state index contributed by atoms with van der Waals surface area (Å²) in [6.07, 6.45) is -4.02. The number of ether oxygens (including phenoxy) is 3. The molecule has 5 rings (SSSR count). The molecule has 1 aliphatic rings. The van der Waals surface area contributed by atoms with Gasteiger partial charge in [-0.25, -0.2) is 34.2 Å². The summed E-state index contributed by atoms with van der Waals surface area (Å²) in [5, 5.41) is 7.67. The Morgan fingerprint density at radius 1 is 0.780 bits per heavy atom. The Morgan fingerprint density at radius 2 is 1.36 bits per heavy atom. The Hall–Kier alpha value is -5.74. The Kier molecular flexibility index (Phi) is 12.7. The molecular weight excluding hydrogens is 771 g/mol. The molecule has 0 spiro atoms. The lowest BCUT2D eigenvalue weighted by atomic mass is 9.89. The van der Waals surface area contributed by atoms with Gasteiger partial charge in [-0.15, -0.1) is 0 Å². The molecule has 4 aromatic rings. The van der Waals surface area contributed by atoms with Gasteiger partial charge in [0.25, 0.3) is 0 Å². The van der Waals surface area contributed by atoms with Gasteiger partial charge in [-0.05, 0) is 112 Å². The van der Waals surface area contributed by atoms with Crippen molar-refractivity contribution in [3.05, 3.63) is 65.9 Å². The van der Waals surface area contributed by atoms with Crippen LogP contribution in [0.15, 0.2) is 54.7 Å². The van der Waals surface area contributed by atoms with E-state index in [9.17, 15) is 32.3 Å². The van der Waals surface area contributed by atoms with Gasteiger partial charge in [-0.3, -0.25) is 9.48 Å². The minimum Gasteiger partial charge on any atom is -0.443 e. The van der Waals surface area contributed by atoms with Crippen LogP contribution in [0.5, 0.6) is 0 Å². The zero-order chi connectivity index (χ0) is 43.7. The van der Waals surface area contributed by atoms with Gasteiger partial charge < -0.3 is 19.5 Å². The molecule has 318 valence electrons. The minimum atomic E-state index is -4.52. The number of alkyl halides is 3. The summed E-state index contributed by atoms with van der Waals surface area (Å²) in [6.45, 7) is 15.6. The van der Waals surface area contributed by atoms with E-state index in [1.54, 1.807) is 98.4 Å². The summed E-state index contributed by atoms with van der Waals surface area (Å²) < 4.78 is 58.0. The van der Waals surface area contributed by atoms with Crippen LogP contribution in [0.2, 0.25) is 0 Å². The number of carbonyl (C=O) groups is 4. The van der Waals surface area contributed by atoms with E-state index in [0.717, 1.165) is 17.0 Å². The molecule has 4 amide bonds. The fourth-order valence-corrected chi connectivity index (χ4v) is 6.60. The lowest BCUT2D eigenvalue weighted by Gasteiger charge is -2.39. The van der Waals surface area contributed by atoms with E-state index < -0.39 is 64.8 Å². The van der Waals surface area contributed by atoms with Crippen LogP contribution in [0, 0.1) is 0 Å². The monoisotopic (exact) mass is 823 g/mol. The fourth-order valence-electron chi connectivity index (χ4n) is 6.60. The number of aryl methyl sites for hydroxylation is 1. The molecule has 1 aliphatic carbocycles. The third kappa shape index (κ3) is 11.9. The van der Waals surface area contributed by atoms with Crippen molar-refractivity contribution < 1.29 is 46.6 Å². The summed E-state index contributed by atoms with van der Waals surface area (Å²) in [7, 11) is 1.69. The molecule has 1 N–H and O–H groups in total. The van der Waals surface area contributed by atoms with Gasteiger partial charge in [-0.1, -0.05) is 24.3 Å². The number of hydrogen-bond donors (Lipinski definition) is 1. The predicted octanol–water partition coefficient (Wildman–Crippen LogP) is 9.46. The van der Waals surface area contributed by atoms with Gasteiger partial charge in [-0.2, -0.15) is 18.3 Å². The lowest BCUT2D eigenvalue weighted by molar-refractivity contribution is -0.137. The zero-order valence-electron chi connectivity index (χ0n) is 35.1. The van der Waals surface area contributed by atoms with Crippen LogP contribution >= 0.6 is 0 Å². The maximum absolute atomic E-state index is 13.8. The normalized spacial score (nSPS) is 16.3. The number of aromatic nitrogens is 4. The number of fused-ring (bicyclic) bond motifs is 1. The molecule has 1 fully saturated rings. The topological polar surface area (TPSA) is 158 Å². The summed E-state index contributed by atoms with van der Waals surface area (Å²) in [5.74, 6) is -0.195. The number of rotatable bonds is 7. The highest BCUT2D eigenvalue weighted by molar-refractivity contribution is 5.93. The second-order valence-corrected chi connectivity index (χ2v) is 17.5. The van der Waals surface area contributed by atoms with E-state index in [1.807, 2.05) is 6.07 Å². The van der Waals surface area contributed by atoms with E-state index in [4.69, 9.17) is 19.2 Å². The fraction of sp³-hybridized carbons (Fsp3) is 0.500. The van der Waals surface area contributed by atoms with Crippen LogP contribution in [-0.4, -0.2) is 77.7 Å². The molecule has 2 aromatic carbocycles. The van der Waals surface area contributed by atoms with Crippen molar-refractivity contribution in [2.45, 2.75) is 129 Å². The number of anilines is 2. The first-order valence-electron chi connectivity index (χ1n) is 19.3. The number of benzene rings is 2. The van der Waals surface area contributed by atoms with Crippen molar-refractivity contribution in [1.82, 2.24) is 24.6 Å². The van der Waals surface area contributed by atoms with E-state index in [2.05, 4.69) is 15.4 Å². The van der Waals surface area contributed by atoms with Crippen molar-refractivity contribution in [1.29, 1.82) is 0 Å². The van der Waals surface area contributed by atoms with Gasteiger partial charge in [0, 0.05) is 42.3 Å². The van der Waals surface area contributed by atoms with Crippen LogP contribution in [0.25, 0.3) is 22.2 Å². The first kappa shape index (κ1) is 44.4. The van der Waals surface area contributed by atoms with Crippen molar-refractivity contribution in [3.63, 3.8) is 0 Å². The molecule has 0 bridgehead atoms. The van der Waals surface area contributed by atoms with Gasteiger partial charge in [0.1, 0.15) is 16.8 Å². The Balaban J connectivity index is 1.35. The maximum Gasteiger partial charge on any atom is 0.420 e. The van der Waals surface area contributed by atoms with Crippen LogP contribution in [-0.2, 0) is 38.6 Å². The molecule has 0 saturated heterocycles. The second-order valence-electron chi connectivity index (χ2n) is 17.5. The molecule has 17 heteroatoms. The van der Waals surface area contributed by atoms with Gasteiger partial charge in [0.15, 0.2) is 5.82 Å². The highest BCUT2D eigenvalue weighted by Gasteiger charge is 2.41. The van der Waals surface area contributed by atoms with Crippen LogP contribution in [0.3, 0.4) is 0 Å². The molecule has 1 saturated carbocycles. The van der Waals surface area contributed by atoms with Crippen molar-refractivity contribution in [3.8, 4) is 11.3 Å². The summed E-state index contributed by atoms with van der Waals surface area (Å²) in [6, 6.07) is 10.7. The molecule has 0 radical (unpaired) electrons. The highest BCUT2D eigenvalue weighted by atomic mass is 19.4. The third-order valence-electron chi connectivity index (χ3n) is 9.01. The Labute approximate surface area is 341 Å². The molecule has 2 aromatic heterocycles. The lowest BCUT2D eigenvalue weighted by Crippen LogP contribution is -2.52. The first-order chi connectivity index (χ1) is 27.3. The van der Waals surface area contributed by atoms with Gasteiger partial charge in [0.2, 0.25) is 11.9 Å². The number of carbonyl (C=O) groups excluding carboxylic acids is 4. The average Bonchev–Trinajstić information content (AvgIpc) is 3.45. The van der Waals surface area contributed by atoms with Crippen LogP contribution in [0.1, 0.15) is 99.1 Å². The van der Waals surface area contributed by atoms with E-state index >= 15 is 0 Å². The molecule has 0 aliphatic heterocycles. The van der Waals surface area contributed by atoms with Crippen molar-refractivity contribution >= 4 is 46.9 Å². The number of hydrogen-bond acceptors (Lipinski definition) is 10. The SMILES string of the molecule is Cn1nc(NC(=O)Cc2cccc(C(F)(F)F)c2)cc1-c1ccc2nc(N(C(=O)OC(C)(C)C)C3CCC(N(C(=O)OC(C)(C)C)C(=O)OC(C)(C)C)CC3)ncc2c1. The second kappa shape index (κ2) is 16.9. The summed E-state index contributed by atoms with van der Waals surface area (Å²) in [4.78, 5) is 65.1. The molecule has 59 heavy (non-hydrogen) atoms. The zero-order valence-corrected chi connectivity index (χ0v) is 35.1. The predicted molar refractivity (Wildman–Crippen MR) is 215 cm³/mol. The standard InChI is InChI=1S/C42H52F3N7O7/c1-39(2,3)57-36(54)51(29-15-17-30(18-16-29)52(37(55)58-40(4,5)6)38(56)59-41(7,8)9)35-46-24-27-22-26(14-19-31(27)47-35)32-23-33(49-50(32)10)48-34(53)21-25-12-11-13-28(20-25)42(43,44)45/h11-14,19-20,22-24,29-30H,15-18,21H2,1-10H3,(H,48,49,53). The minimum absolute atomic E-state index is 0.116. The van der Waals surface area contributed by atoms with Crippen molar-refractivity contribution in [2.24, 2.45) is 7.05 Å². The number of nitrogens with one attached hydrogen (secondary N) is 1. The smallest absolute Gasteiger partial charge is 0.420 e. The van der Waals surface area contributed by atoms with Crippen molar-refractivity contribution in [2.75, 3.05) is 10.2 Å². The van der Waals surface area contributed by atoms with E-state index in [1.165, 1.54) is 17.0 Å². The molecule has 14 nitrogen and oxygen atoms in total. The third-order valence-corrected chi connectivity index (χ3v) is 9.01. The molecule has 2 heterocycles. The highest BCUT2D eigenvalue weighted by Crippen LogP contribution is 2.34. The first-order valence-corrected chi connectivity index (χ1v) is 19.3. The molecule has 0 atom stereocenters.